The summed E-state index contributed by atoms with van der Waals surface area (Å²) >= 11 is 0. The maximum absolute atomic E-state index is 5.94. The molecule has 0 N–H and O–H groups in total. The van der Waals surface area contributed by atoms with Crippen LogP contribution in [-0.2, 0) is 4.43 Å². The third kappa shape index (κ3) is 3.00. The molecule has 2 heteroatoms. The second kappa shape index (κ2) is 5.39. The minimum absolute atomic E-state index is 0.00323. The monoisotopic (exact) mass is 184 g/mol. The van der Waals surface area contributed by atoms with Crippen molar-refractivity contribution < 1.29 is 4.43 Å². The van der Waals surface area contributed by atoms with Gasteiger partial charge in [0.2, 0.25) is 0 Å². The van der Waals surface area contributed by atoms with E-state index in [1.807, 2.05) is 6.92 Å². The van der Waals surface area contributed by atoms with Crippen molar-refractivity contribution in [3.63, 3.8) is 0 Å². The van der Waals surface area contributed by atoms with Crippen LogP contribution in [0.25, 0.3) is 0 Å². The lowest BCUT2D eigenvalue weighted by Gasteiger charge is -2.29. The summed E-state index contributed by atoms with van der Waals surface area (Å²) in [6, 6.07) is 3.52. The first-order valence-electron chi connectivity index (χ1n) is 4.78. The normalized spacial score (nSPS) is 13.9. The lowest BCUT2D eigenvalue weighted by atomic mass is 10.4. The Hall–Kier alpha value is -0.263. The van der Waals surface area contributed by atoms with Crippen molar-refractivity contribution in [1.82, 2.24) is 0 Å². The second-order valence-electron chi connectivity index (χ2n) is 3.17. The van der Waals surface area contributed by atoms with Gasteiger partial charge in [-0.1, -0.05) is 26.7 Å². The third-order valence-electron chi connectivity index (χ3n) is 2.59. The zero-order valence-electron chi connectivity index (χ0n) is 8.68. The molecule has 0 rings (SSSR count). The molecule has 0 saturated carbocycles. The zero-order valence-corrected chi connectivity index (χ0v) is 9.68. The molecular formula is C10H20OSi. The van der Waals surface area contributed by atoms with Crippen LogP contribution < -0.4 is 0 Å². The van der Waals surface area contributed by atoms with Crippen LogP contribution >= 0.6 is 0 Å². The molecular weight excluding hydrogens is 164 g/mol. The number of terminal acetylenes is 1. The molecule has 0 aromatic heterocycles. The summed E-state index contributed by atoms with van der Waals surface area (Å²) in [5.41, 5.74) is 0. The molecule has 0 fully saturated rings. The van der Waals surface area contributed by atoms with Crippen LogP contribution in [0.3, 0.4) is 0 Å². The van der Waals surface area contributed by atoms with Gasteiger partial charge in [-0.15, -0.1) is 6.42 Å². The average molecular weight is 184 g/mol. The third-order valence-corrected chi connectivity index (χ3v) is 7.31. The molecule has 70 valence electrons. The standard InChI is InChI=1S/C10H20OSi/c1-6-10(5)11-12(7-2,8-3)9-4/h1,10H,7-9H2,2-5H3/t10-/m1/s1. The van der Waals surface area contributed by atoms with Gasteiger partial charge in [-0.2, -0.15) is 0 Å². The minimum Gasteiger partial charge on any atom is -0.404 e. The molecule has 0 spiro atoms. The molecule has 0 aliphatic rings. The Labute approximate surface area is 77.6 Å². The van der Waals surface area contributed by atoms with Gasteiger partial charge in [0, 0.05) is 0 Å². The largest absolute Gasteiger partial charge is 0.404 e. The Morgan fingerprint density at radius 1 is 1.25 bits per heavy atom. The number of hydrogen-bond donors (Lipinski definition) is 0. The van der Waals surface area contributed by atoms with Gasteiger partial charge in [0.1, 0.15) is 6.10 Å². The molecule has 0 heterocycles. The van der Waals surface area contributed by atoms with Crippen molar-refractivity contribution in [1.29, 1.82) is 0 Å². The van der Waals surface area contributed by atoms with Crippen molar-refractivity contribution in [3.8, 4) is 12.3 Å². The van der Waals surface area contributed by atoms with E-state index in [4.69, 9.17) is 10.8 Å². The van der Waals surface area contributed by atoms with Crippen molar-refractivity contribution in [3.05, 3.63) is 0 Å². The van der Waals surface area contributed by atoms with Gasteiger partial charge in [0.25, 0.3) is 0 Å². The molecule has 0 unspecified atom stereocenters. The summed E-state index contributed by atoms with van der Waals surface area (Å²) < 4.78 is 5.94. The fourth-order valence-corrected chi connectivity index (χ4v) is 4.23. The van der Waals surface area contributed by atoms with Crippen LogP contribution in [0.2, 0.25) is 18.1 Å². The van der Waals surface area contributed by atoms with Crippen LogP contribution in [0.15, 0.2) is 0 Å². The summed E-state index contributed by atoms with van der Waals surface area (Å²) in [6.07, 6.45) is 5.29. The van der Waals surface area contributed by atoms with E-state index < -0.39 is 8.32 Å². The highest BCUT2D eigenvalue weighted by Crippen LogP contribution is 2.22. The van der Waals surface area contributed by atoms with E-state index in [2.05, 4.69) is 26.7 Å². The van der Waals surface area contributed by atoms with Crippen LogP contribution in [0.4, 0.5) is 0 Å². The molecule has 0 radical (unpaired) electrons. The summed E-state index contributed by atoms with van der Waals surface area (Å²) in [5.74, 6) is 2.64. The second-order valence-corrected chi connectivity index (χ2v) is 7.89. The van der Waals surface area contributed by atoms with Crippen LogP contribution in [0.5, 0.6) is 0 Å². The van der Waals surface area contributed by atoms with E-state index in [-0.39, 0.29) is 6.10 Å². The first-order valence-corrected chi connectivity index (χ1v) is 7.31. The molecule has 1 atom stereocenters. The highest BCUT2D eigenvalue weighted by Gasteiger charge is 2.29. The molecule has 12 heavy (non-hydrogen) atoms. The minimum atomic E-state index is -1.44. The molecule has 1 nitrogen and oxygen atoms in total. The van der Waals surface area contributed by atoms with Crippen LogP contribution in [0, 0.1) is 12.3 Å². The predicted molar refractivity (Wildman–Crippen MR) is 56.6 cm³/mol. The highest BCUT2D eigenvalue weighted by atomic mass is 28.4. The van der Waals surface area contributed by atoms with E-state index in [0.29, 0.717) is 0 Å². The maximum atomic E-state index is 5.94. The zero-order chi connectivity index (χ0) is 9.61. The molecule has 0 bridgehead atoms. The van der Waals surface area contributed by atoms with Crippen LogP contribution in [0.1, 0.15) is 27.7 Å². The molecule has 0 aromatic carbocycles. The van der Waals surface area contributed by atoms with Gasteiger partial charge in [-0.05, 0) is 25.1 Å². The number of rotatable bonds is 5. The van der Waals surface area contributed by atoms with Crippen molar-refractivity contribution in [2.45, 2.75) is 51.9 Å². The van der Waals surface area contributed by atoms with Crippen LogP contribution in [-0.4, -0.2) is 14.4 Å². The summed E-state index contributed by atoms with van der Waals surface area (Å²) in [5, 5.41) is 0. The van der Waals surface area contributed by atoms with E-state index in [1.54, 1.807) is 0 Å². The van der Waals surface area contributed by atoms with Gasteiger partial charge in [-0.25, -0.2) is 0 Å². The Morgan fingerprint density at radius 2 is 1.67 bits per heavy atom. The first-order chi connectivity index (χ1) is 5.64. The lowest BCUT2D eigenvalue weighted by Crippen LogP contribution is -2.38. The van der Waals surface area contributed by atoms with Crippen molar-refractivity contribution >= 4 is 8.32 Å². The van der Waals surface area contributed by atoms with E-state index in [0.717, 1.165) is 0 Å². The quantitative estimate of drug-likeness (QED) is 0.471. The Bertz CT molecular complexity index is 147. The van der Waals surface area contributed by atoms with Gasteiger partial charge < -0.3 is 4.43 Å². The smallest absolute Gasteiger partial charge is 0.193 e. The van der Waals surface area contributed by atoms with Gasteiger partial charge in [0.05, 0.1) is 0 Å². The Kier molecular flexibility index (Phi) is 5.28. The van der Waals surface area contributed by atoms with Gasteiger partial charge >= 0.3 is 0 Å². The fraction of sp³-hybridized carbons (Fsp3) is 0.800. The van der Waals surface area contributed by atoms with E-state index >= 15 is 0 Å². The molecule has 0 aliphatic carbocycles. The van der Waals surface area contributed by atoms with Gasteiger partial charge in [0.15, 0.2) is 8.32 Å². The molecule has 0 saturated heterocycles. The highest BCUT2D eigenvalue weighted by molar-refractivity contribution is 6.73. The predicted octanol–water partition coefficient (Wildman–Crippen LogP) is 3.03. The fourth-order valence-electron chi connectivity index (χ4n) is 1.41. The molecule has 0 aliphatic heterocycles. The SMILES string of the molecule is C#C[C@@H](C)O[Si](CC)(CC)CC. The summed E-state index contributed by atoms with van der Waals surface area (Å²) in [7, 11) is -1.44. The van der Waals surface area contributed by atoms with E-state index in [9.17, 15) is 0 Å². The topological polar surface area (TPSA) is 9.23 Å². The molecule has 0 amide bonds. The van der Waals surface area contributed by atoms with Crippen molar-refractivity contribution in [2.24, 2.45) is 0 Å². The lowest BCUT2D eigenvalue weighted by molar-refractivity contribution is 0.261. The Morgan fingerprint density at radius 3 is 1.92 bits per heavy atom. The van der Waals surface area contributed by atoms with Crippen molar-refractivity contribution in [2.75, 3.05) is 0 Å². The first kappa shape index (κ1) is 11.7. The number of hydrogen-bond acceptors (Lipinski definition) is 1. The maximum Gasteiger partial charge on any atom is 0.193 e. The summed E-state index contributed by atoms with van der Waals surface area (Å²) in [4.78, 5) is 0. The van der Waals surface area contributed by atoms with Gasteiger partial charge in [-0.3, -0.25) is 0 Å². The Balaban J connectivity index is 4.22. The summed E-state index contributed by atoms with van der Waals surface area (Å²) in [6.45, 7) is 8.59. The van der Waals surface area contributed by atoms with E-state index in [1.165, 1.54) is 18.1 Å². The molecule has 0 aromatic rings. The average Bonchev–Trinajstić information content (AvgIpc) is 2.14.